The van der Waals surface area contributed by atoms with Gasteiger partial charge in [-0.15, -0.1) is 0 Å². The van der Waals surface area contributed by atoms with Crippen LogP contribution in [-0.2, 0) is 22.6 Å². The van der Waals surface area contributed by atoms with Crippen molar-refractivity contribution >= 4 is 63.3 Å². The molecule has 13 nitrogen and oxygen atoms in total. The number of methoxy groups -OCH3 is 1. The lowest BCUT2D eigenvalue weighted by Crippen LogP contribution is -2.50. The molecule has 2 atom stereocenters. The van der Waals surface area contributed by atoms with Gasteiger partial charge in [-0.3, -0.25) is 29.5 Å². The minimum Gasteiger partial charge on any atom is -0.468 e. The number of pyridine rings is 1. The molecule has 1 amide bonds. The van der Waals surface area contributed by atoms with Gasteiger partial charge in [0.05, 0.1) is 51.9 Å². The summed E-state index contributed by atoms with van der Waals surface area (Å²) in [7, 11) is 1.34. The normalized spacial score (nSPS) is 17.4. The number of aliphatic hydroxyl groups excluding tert-OH is 1. The quantitative estimate of drug-likeness (QED) is 0.101. The van der Waals surface area contributed by atoms with E-state index in [1.54, 1.807) is 73.3 Å². The van der Waals surface area contributed by atoms with Crippen LogP contribution >= 0.6 is 23.2 Å². The van der Waals surface area contributed by atoms with Crippen molar-refractivity contribution in [3.63, 3.8) is 0 Å². The average Bonchev–Trinajstić information content (AvgIpc) is 3.79. The Balaban J connectivity index is 1.13. The van der Waals surface area contributed by atoms with Crippen LogP contribution in [0, 0.1) is 0 Å². The number of carbonyl (C=O) groups is 2. The first-order chi connectivity index (χ1) is 26.3. The van der Waals surface area contributed by atoms with Crippen LogP contribution in [0.3, 0.4) is 0 Å². The van der Waals surface area contributed by atoms with E-state index in [2.05, 4.69) is 40.9 Å². The van der Waals surface area contributed by atoms with Crippen LogP contribution in [0.15, 0.2) is 54.7 Å². The molecule has 1 saturated heterocycles. The number of β-amino-alcohol motifs (C(OH)–C–C–N with tert-alkyl or cyclic N) is 1. The van der Waals surface area contributed by atoms with Crippen LogP contribution in [0.25, 0.3) is 22.2 Å². The third-order valence-corrected chi connectivity index (χ3v) is 10.6. The largest absolute Gasteiger partial charge is 0.468 e. The zero-order valence-corrected chi connectivity index (χ0v) is 31.8. The van der Waals surface area contributed by atoms with Crippen molar-refractivity contribution in [2.75, 3.05) is 30.8 Å². The lowest BCUT2D eigenvalue weighted by Gasteiger charge is -2.32. The van der Waals surface area contributed by atoms with Crippen molar-refractivity contribution < 1.29 is 28.2 Å². The number of ether oxygens (including phenoxy) is 1. The monoisotopic (exact) mass is 793 g/mol. The van der Waals surface area contributed by atoms with Crippen molar-refractivity contribution in [2.45, 2.75) is 70.3 Å². The van der Waals surface area contributed by atoms with E-state index in [1.165, 1.54) is 7.11 Å². The zero-order chi connectivity index (χ0) is 39.0. The molecule has 1 fully saturated rings. The Kier molecular flexibility index (Phi) is 11.0. The molecule has 4 N–H and O–H groups in total. The molecule has 5 heterocycles. The highest BCUT2D eigenvalue weighted by Crippen LogP contribution is 2.41. The Hall–Kier alpha value is -4.80. The van der Waals surface area contributed by atoms with Crippen LogP contribution in [0.5, 0.6) is 0 Å². The molecule has 288 valence electrons. The van der Waals surface area contributed by atoms with Gasteiger partial charge in [-0.25, -0.2) is 18.7 Å². The van der Waals surface area contributed by atoms with E-state index >= 15 is 0 Å². The van der Waals surface area contributed by atoms with Gasteiger partial charge in [0.1, 0.15) is 11.1 Å². The number of hydrogen-bond donors (Lipinski definition) is 4. The second kappa shape index (κ2) is 15.7. The number of fused-ring (bicyclic) bond motifs is 2. The molecule has 7 rings (SSSR count). The number of aryl methyl sites for hydroxylation is 1. The van der Waals surface area contributed by atoms with Gasteiger partial charge in [-0.1, -0.05) is 47.5 Å². The highest BCUT2D eigenvalue weighted by molar-refractivity contribution is 6.39. The topological polar surface area (TPSA) is 159 Å². The molecule has 0 bridgehead atoms. The molecule has 0 radical (unpaired) electrons. The second-order valence-corrected chi connectivity index (χ2v) is 14.9. The van der Waals surface area contributed by atoms with Gasteiger partial charge in [-0.05, 0) is 62.9 Å². The highest BCUT2D eigenvalue weighted by Gasteiger charge is 2.35. The number of rotatable bonds is 11. The van der Waals surface area contributed by atoms with Crippen LogP contribution in [0.4, 0.5) is 26.0 Å². The molecule has 3 aromatic heterocycles. The number of alkyl halides is 2. The molecule has 2 aromatic carbocycles. The van der Waals surface area contributed by atoms with E-state index in [0.29, 0.717) is 48.6 Å². The number of nitrogens with one attached hydrogen (secondary N) is 3. The molecule has 5 aromatic rings. The summed E-state index contributed by atoms with van der Waals surface area (Å²) in [4.78, 5) is 40.6. The first-order valence-corrected chi connectivity index (χ1v) is 18.5. The fraction of sp³-hybridized carbons (Fsp3) is 0.368. The van der Waals surface area contributed by atoms with E-state index in [0.717, 1.165) is 30.6 Å². The Morgan fingerprint density at radius 3 is 2.45 bits per heavy atom. The summed E-state index contributed by atoms with van der Waals surface area (Å²) in [5, 5.41) is 24.2. The molecule has 0 unspecified atom stereocenters. The standard InChI is InChI=1S/C38H39Cl2F2N9O4/c1-38(2,37(54)55-3)48-24-11-6-13-51-29(24)16-28(49-51)36(53)46-26-10-5-8-23(31(26)40)22-7-4-9-25(30(22)39)44-34-32-27(45-35(47-34)33(41)42)15-20(17-43-32)18-50-14-12-21(52)19-50/h4-5,7-10,15-17,21,24,33,48,52H,6,11-14,18-19H2,1-3H3,(H,46,53)(H,44,45,47)/t21-,24+/m1/s1. The predicted octanol–water partition coefficient (Wildman–Crippen LogP) is 7.07. The Bertz CT molecular complexity index is 2270. The summed E-state index contributed by atoms with van der Waals surface area (Å²) < 4.78 is 34.7. The summed E-state index contributed by atoms with van der Waals surface area (Å²) in [5.74, 6) is -1.50. The second-order valence-electron chi connectivity index (χ2n) is 14.2. The molecule has 2 aliphatic heterocycles. The van der Waals surface area contributed by atoms with Crippen LogP contribution < -0.4 is 16.0 Å². The molecule has 55 heavy (non-hydrogen) atoms. The van der Waals surface area contributed by atoms with Crippen molar-refractivity contribution in [1.29, 1.82) is 0 Å². The molecule has 0 saturated carbocycles. The maximum atomic E-state index is 14.0. The number of hydrogen-bond acceptors (Lipinski definition) is 11. The van der Waals surface area contributed by atoms with Crippen LogP contribution in [-0.4, -0.2) is 78.5 Å². The summed E-state index contributed by atoms with van der Waals surface area (Å²) in [6, 6.07) is 13.4. The number of carbonyl (C=O) groups excluding carboxylic acids is 2. The predicted molar refractivity (Wildman–Crippen MR) is 205 cm³/mol. The van der Waals surface area contributed by atoms with E-state index < -0.39 is 35.8 Å². The number of likely N-dealkylation sites (tertiary alicyclic amines) is 1. The van der Waals surface area contributed by atoms with Gasteiger partial charge in [0.25, 0.3) is 12.3 Å². The van der Waals surface area contributed by atoms with E-state index in [1.807, 2.05) is 0 Å². The number of halogens is 4. The zero-order valence-electron chi connectivity index (χ0n) is 30.2. The number of aliphatic hydroxyl groups is 1. The SMILES string of the molecule is COC(=O)C(C)(C)N[C@H]1CCCn2nc(C(=O)Nc3cccc(-c4cccc(Nc5nc(C(F)F)nc6cc(CN7CC[C@@H](O)C7)cnc56)c4Cl)c3Cl)cc21. The average molecular weight is 795 g/mol. The number of aromatic nitrogens is 5. The maximum Gasteiger partial charge on any atom is 0.325 e. The van der Waals surface area contributed by atoms with Gasteiger partial charge in [0.2, 0.25) is 0 Å². The van der Waals surface area contributed by atoms with Gasteiger partial charge >= 0.3 is 5.97 Å². The van der Waals surface area contributed by atoms with Gasteiger partial charge in [0, 0.05) is 43.5 Å². The molecule has 0 aliphatic carbocycles. The van der Waals surface area contributed by atoms with Gasteiger partial charge in [0.15, 0.2) is 17.3 Å². The van der Waals surface area contributed by atoms with Crippen LogP contribution in [0.2, 0.25) is 10.0 Å². The van der Waals surface area contributed by atoms with E-state index in [4.69, 9.17) is 27.9 Å². The third-order valence-electron chi connectivity index (χ3n) is 9.74. The summed E-state index contributed by atoms with van der Waals surface area (Å²) in [6.07, 6.45) is 0.526. The summed E-state index contributed by atoms with van der Waals surface area (Å²) in [5.41, 5.74) is 2.95. The number of amides is 1. The molecular formula is C38H39Cl2F2N9O4. The van der Waals surface area contributed by atoms with Gasteiger partial charge in [-0.2, -0.15) is 5.10 Å². The smallest absolute Gasteiger partial charge is 0.325 e. The van der Waals surface area contributed by atoms with Crippen molar-refractivity contribution in [2.24, 2.45) is 0 Å². The highest BCUT2D eigenvalue weighted by atomic mass is 35.5. The van der Waals surface area contributed by atoms with Crippen LogP contribution in [0.1, 0.15) is 73.1 Å². The molecule has 17 heteroatoms. The lowest BCUT2D eigenvalue weighted by molar-refractivity contribution is -0.147. The van der Waals surface area contributed by atoms with Crippen molar-refractivity contribution in [1.82, 2.24) is 34.9 Å². The Morgan fingerprint density at radius 2 is 1.76 bits per heavy atom. The number of nitrogens with zero attached hydrogens (tertiary/aromatic N) is 6. The first kappa shape index (κ1) is 38.5. The summed E-state index contributed by atoms with van der Waals surface area (Å²) in [6.45, 7) is 5.84. The van der Waals surface area contributed by atoms with Crippen molar-refractivity contribution in [3.05, 3.63) is 87.5 Å². The van der Waals surface area contributed by atoms with Gasteiger partial charge < -0.3 is 20.5 Å². The third kappa shape index (κ3) is 8.12. The Morgan fingerprint density at radius 1 is 1.04 bits per heavy atom. The minimum atomic E-state index is -2.94. The minimum absolute atomic E-state index is 0.0451. The number of anilines is 3. The van der Waals surface area contributed by atoms with E-state index in [9.17, 15) is 23.5 Å². The maximum absolute atomic E-state index is 14.0. The summed E-state index contributed by atoms with van der Waals surface area (Å²) >= 11 is 13.9. The first-order valence-electron chi connectivity index (χ1n) is 17.8. The molecule has 0 spiro atoms. The Labute approximate surface area is 325 Å². The molecular weight excluding hydrogens is 755 g/mol. The van der Waals surface area contributed by atoms with E-state index in [-0.39, 0.29) is 38.6 Å². The fourth-order valence-corrected chi connectivity index (χ4v) is 7.59. The number of benzene rings is 2. The number of esters is 1. The lowest BCUT2D eigenvalue weighted by atomic mass is 9.98. The molecule has 2 aliphatic rings. The van der Waals surface area contributed by atoms with Crippen molar-refractivity contribution in [3.8, 4) is 11.1 Å². The fourth-order valence-electron chi connectivity index (χ4n) is 7.04.